The summed E-state index contributed by atoms with van der Waals surface area (Å²) >= 11 is 2.68. The van der Waals surface area contributed by atoms with Crippen molar-refractivity contribution >= 4 is 67.7 Å². The van der Waals surface area contributed by atoms with Crippen molar-refractivity contribution in [2.24, 2.45) is 0 Å². The highest BCUT2D eigenvalue weighted by molar-refractivity contribution is 7.17. The van der Waals surface area contributed by atoms with Gasteiger partial charge in [-0.1, -0.05) is 61.8 Å². The molecule has 2 aliphatic rings. The fourth-order valence-electron chi connectivity index (χ4n) is 9.30. The smallest absolute Gasteiger partial charge is 0.274 e. The minimum atomic E-state index is -0.679. The van der Waals surface area contributed by atoms with E-state index in [9.17, 15) is 27.2 Å². The zero-order chi connectivity index (χ0) is 55.1. The summed E-state index contributed by atoms with van der Waals surface area (Å²) in [5.74, 6) is -1.81. The number of nitrogen functional groups attached to an aromatic ring is 2. The molecule has 12 aromatic rings. The van der Waals surface area contributed by atoms with Gasteiger partial charge in [-0.15, -0.1) is 0 Å². The predicted molar refractivity (Wildman–Crippen MR) is 304 cm³/mol. The number of fused-ring (bicyclic) bond motifs is 4. The molecule has 2 saturated carbocycles. The highest BCUT2D eigenvalue weighted by atomic mass is 32.1. The molecule has 10 heterocycles. The lowest BCUT2D eigenvalue weighted by molar-refractivity contribution is 0.301. The summed E-state index contributed by atoms with van der Waals surface area (Å²) < 4.78 is 73.9. The first kappa shape index (κ1) is 54.4. The molecule has 2 fully saturated rings. The fraction of sp³-hybridized carbons (Fsp3) is 0.214. The summed E-state index contributed by atoms with van der Waals surface area (Å²) in [6.07, 6.45) is 12.5. The van der Waals surface area contributed by atoms with E-state index in [1.165, 1.54) is 96.0 Å². The first-order valence-electron chi connectivity index (χ1n) is 24.9. The standard InChI is InChI=1S/2C27H20F2N8O2S.2CH4/c2*1-13(22-20(14-3-2-4-15(28)9-14)26(38)36-11-16(29)5-8-19(36)34-22)37-25-21(24(30)32-12-33-25)23(35-37)18-10-31-27(40-18)39-17-6-7-17;;/h2*2-5,8-13,17H,6-7H2,1H3,(H2,30,32,33);2*1H4/t2*13-;;/m10../s1. The van der Waals surface area contributed by atoms with Crippen LogP contribution in [0.4, 0.5) is 29.2 Å². The molecule has 10 aromatic heterocycles. The van der Waals surface area contributed by atoms with E-state index >= 15 is 0 Å². The number of benzene rings is 2. The number of rotatable bonds is 12. The van der Waals surface area contributed by atoms with E-state index in [2.05, 4.69) is 29.9 Å². The maximum Gasteiger partial charge on any atom is 0.274 e. The molecule has 4 N–H and O–H groups in total. The van der Waals surface area contributed by atoms with Crippen LogP contribution in [0.15, 0.2) is 120 Å². The molecule has 2 aromatic carbocycles. The van der Waals surface area contributed by atoms with Crippen LogP contribution in [0.2, 0.25) is 0 Å². The van der Waals surface area contributed by atoms with Gasteiger partial charge in [-0.2, -0.15) is 10.2 Å². The third-order valence-electron chi connectivity index (χ3n) is 13.4. The van der Waals surface area contributed by atoms with Gasteiger partial charge in [0, 0.05) is 12.4 Å². The van der Waals surface area contributed by atoms with E-state index in [-0.39, 0.29) is 61.1 Å². The van der Waals surface area contributed by atoms with Crippen molar-refractivity contribution in [1.82, 2.24) is 68.2 Å². The van der Waals surface area contributed by atoms with Gasteiger partial charge in [-0.25, -0.2) is 66.8 Å². The molecule has 14 rings (SSSR count). The van der Waals surface area contributed by atoms with Crippen molar-refractivity contribution in [3.63, 3.8) is 0 Å². The fourth-order valence-corrected chi connectivity index (χ4v) is 10.9. The van der Waals surface area contributed by atoms with Gasteiger partial charge in [0.25, 0.3) is 21.5 Å². The summed E-state index contributed by atoms with van der Waals surface area (Å²) in [5.41, 5.74) is 15.2. The molecule has 0 saturated heterocycles. The molecule has 82 heavy (non-hydrogen) atoms. The van der Waals surface area contributed by atoms with Crippen LogP contribution >= 0.6 is 22.7 Å². The first-order valence-corrected chi connectivity index (χ1v) is 26.6. The number of thiazole rings is 2. The molecule has 416 valence electrons. The van der Waals surface area contributed by atoms with Gasteiger partial charge < -0.3 is 20.9 Å². The maximum absolute atomic E-state index is 14.3. The van der Waals surface area contributed by atoms with Crippen LogP contribution in [-0.4, -0.2) is 80.4 Å². The molecule has 0 aliphatic heterocycles. The second kappa shape index (κ2) is 21.5. The number of pyridine rings is 2. The van der Waals surface area contributed by atoms with E-state index in [1.807, 2.05) is 0 Å². The van der Waals surface area contributed by atoms with Crippen LogP contribution < -0.4 is 32.1 Å². The quantitative estimate of drug-likeness (QED) is 0.108. The number of ether oxygens (including phenoxy) is 2. The van der Waals surface area contributed by atoms with Crippen molar-refractivity contribution in [3.8, 4) is 53.8 Å². The van der Waals surface area contributed by atoms with Crippen molar-refractivity contribution in [1.29, 1.82) is 0 Å². The highest BCUT2D eigenvalue weighted by Gasteiger charge is 2.31. The maximum atomic E-state index is 14.3. The Morgan fingerprint density at radius 1 is 0.561 bits per heavy atom. The summed E-state index contributed by atoms with van der Waals surface area (Å²) in [7, 11) is 0. The number of hydrogen-bond acceptors (Lipinski definition) is 18. The lowest BCUT2D eigenvalue weighted by Crippen LogP contribution is -2.23. The van der Waals surface area contributed by atoms with Gasteiger partial charge in [0.05, 0.1) is 67.5 Å². The Labute approximate surface area is 470 Å². The molecule has 20 nitrogen and oxygen atoms in total. The normalized spacial score (nSPS) is 13.8. The molecule has 2 aliphatic carbocycles. The third-order valence-corrected chi connectivity index (χ3v) is 15.2. The van der Waals surface area contributed by atoms with E-state index in [0.717, 1.165) is 46.9 Å². The van der Waals surface area contributed by atoms with Crippen LogP contribution in [0.25, 0.3) is 76.8 Å². The van der Waals surface area contributed by atoms with Crippen LogP contribution in [0, 0.1) is 23.3 Å². The number of nitrogens with two attached hydrogens (primary N) is 2. The Morgan fingerprint density at radius 2 is 0.976 bits per heavy atom. The number of anilines is 2. The van der Waals surface area contributed by atoms with Crippen LogP contribution in [0.1, 0.15) is 77.9 Å². The van der Waals surface area contributed by atoms with Gasteiger partial charge in [0.15, 0.2) is 11.3 Å². The second-order valence-corrected chi connectivity index (χ2v) is 21.0. The van der Waals surface area contributed by atoms with E-state index in [0.29, 0.717) is 76.1 Å². The molecular weight excluding hydrogens is 1100 g/mol. The summed E-state index contributed by atoms with van der Waals surface area (Å²) in [4.78, 5) is 64.3. The Bertz CT molecular complexity index is 4290. The molecule has 0 radical (unpaired) electrons. The van der Waals surface area contributed by atoms with Crippen molar-refractivity contribution in [2.75, 3.05) is 11.5 Å². The average Bonchev–Trinajstić information content (AvgIpc) is 2.20. The minimum absolute atomic E-state index is 0. The van der Waals surface area contributed by atoms with Gasteiger partial charge in [-0.3, -0.25) is 18.4 Å². The molecule has 0 bridgehead atoms. The minimum Gasteiger partial charge on any atom is -0.467 e. The number of hydrogen-bond donors (Lipinski definition) is 2. The van der Waals surface area contributed by atoms with Crippen molar-refractivity contribution < 1.29 is 27.0 Å². The molecule has 0 spiro atoms. The van der Waals surface area contributed by atoms with Gasteiger partial charge >= 0.3 is 0 Å². The molecule has 26 heteroatoms. The molecule has 0 unspecified atom stereocenters. The SMILES string of the molecule is C.C.C[C@@H](c1nc2ccc(F)cn2c(=O)c1-c1cccc(F)c1)n1nc(-c2cnc(OC3CC3)s2)c2c(N)ncnc21.C[C@H](c1nc2ccc(F)cn2c(=O)c1-c1cccc(F)c1)n1nc(-c2cnc(OC3CC3)s2)c2c(N)ncnc21. The monoisotopic (exact) mass is 1150 g/mol. The lowest BCUT2D eigenvalue weighted by Gasteiger charge is -2.18. The predicted octanol–water partition coefficient (Wildman–Crippen LogP) is 10.5. The highest BCUT2D eigenvalue weighted by Crippen LogP contribution is 2.42. The number of halogens is 4. The molecular formula is C56H48F4N16O4S2. The van der Waals surface area contributed by atoms with E-state index < -0.39 is 46.5 Å². The lowest BCUT2D eigenvalue weighted by atomic mass is 10.0. The van der Waals surface area contributed by atoms with Crippen LogP contribution in [0.5, 0.6) is 10.4 Å². The summed E-state index contributed by atoms with van der Waals surface area (Å²) in [5, 5.41) is 11.8. The van der Waals surface area contributed by atoms with Crippen LogP contribution in [-0.2, 0) is 0 Å². The van der Waals surface area contributed by atoms with Crippen molar-refractivity contribution in [2.45, 2.75) is 78.7 Å². The Hall–Kier alpha value is -9.56. The summed E-state index contributed by atoms with van der Waals surface area (Å²) in [6, 6.07) is 15.2. The van der Waals surface area contributed by atoms with Gasteiger partial charge in [-0.05, 0) is 99.2 Å². The Morgan fingerprint density at radius 3 is 1.37 bits per heavy atom. The average molecular weight is 1150 g/mol. The number of aromatic nitrogens is 14. The van der Waals surface area contributed by atoms with Gasteiger partial charge in [0.1, 0.15) is 82.4 Å². The van der Waals surface area contributed by atoms with Crippen LogP contribution in [0.3, 0.4) is 0 Å². The number of nitrogens with zero attached hydrogens (tertiary/aromatic N) is 14. The largest absolute Gasteiger partial charge is 0.467 e. The van der Waals surface area contributed by atoms with Crippen molar-refractivity contribution in [3.05, 3.63) is 166 Å². The van der Waals surface area contributed by atoms with E-state index in [4.69, 9.17) is 41.1 Å². The summed E-state index contributed by atoms with van der Waals surface area (Å²) in [6.45, 7) is 3.60. The van der Waals surface area contributed by atoms with Gasteiger partial charge in [0.2, 0.25) is 0 Å². The zero-order valence-electron chi connectivity index (χ0n) is 41.9. The topological polar surface area (TPSA) is 252 Å². The Balaban J connectivity index is 0.000000168. The molecule has 2 atom stereocenters. The Kier molecular flexibility index (Phi) is 14.3. The second-order valence-electron chi connectivity index (χ2n) is 19.0. The first-order chi connectivity index (χ1) is 38.7. The third kappa shape index (κ3) is 9.98. The van der Waals surface area contributed by atoms with E-state index in [1.54, 1.807) is 47.7 Å². The zero-order valence-corrected chi connectivity index (χ0v) is 43.5. The molecule has 0 amide bonds.